The van der Waals surface area contributed by atoms with Crippen LogP contribution in [0.4, 0.5) is 0 Å². The van der Waals surface area contributed by atoms with E-state index in [-0.39, 0.29) is 5.91 Å². The SMILES string of the molecule is CSCCCCC(=O)NCCN1CCNCC1. The molecule has 4 nitrogen and oxygen atoms in total. The molecule has 1 heterocycles. The third kappa shape index (κ3) is 7.63. The number of amides is 1. The van der Waals surface area contributed by atoms with Gasteiger partial charge in [0, 0.05) is 45.7 Å². The third-order valence-electron chi connectivity index (χ3n) is 2.96. The topological polar surface area (TPSA) is 44.4 Å². The minimum absolute atomic E-state index is 0.209. The van der Waals surface area contributed by atoms with E-state index < -0.39 is 0 Å². The highest BCUT2D eigenvalue weighted by Gasteiger charge is 2.09. The monoisotopic (exact) mass is 259 g/mol. The number of rotatable bonds is 8. The predicted molar refractivity (Wildman–Crippen MR) is 74.6 cm³/mol. The fourth-order valence-electron chi connectivity index (χ4n) is 1.91. The van der Waals surface area contributed by atoms with Gasteiger partial charge in [-0.05, 0) is 24.9 Å². The summed E-state index contributed by atoms with van der Waals surface area (Å²) < 4.78 is 0. The lowest BCUT2D eigenvalue weighted by atomic mass is 10.2. The minimum Gasteiger partial charge on any atom is -0.355 e. The molecule has 0 aromatic rings. The maximum atomic E-state index is 11.5. The molecule has 5 heteroatoms. The summed E-state index contributed by atoms with van der Waals surface area (Å²) in [5.74, 6) is 1.37. The van der Waals surface area contributed by atoms with E-state index in [1.54, 1.807) is 0 Å². The summed E-state index contributed by atoms with van der Waals surface area (Å²) >= 11 is 1.85. The standard InChI is InChI=1S/C12H25N3OS/c1-17-11-3-2-4-12(16)14-7-10-15-8-5-13-6-9-15/h13H,2-11H2,1H3,(H,14,16). The average Bonchev–Trinajstić information content (AvgIpc) is 2.36. The summed E-state index contributed by atoms with van der Waals surface area (Å²) in [6.45, 7) is 6.12. The van der Waals surface area contributed by atoms with Gasteiger partial charge in [0.15, 0.2) is 0 Å². The predicted octanol–water partition coefficient (Wildman–Crippen LogP) is 0.541. The van der Waals surface area contributed by atoms with E-state index in [2.05, 4.69) is 21.8 Å². The van der Waals surface area contributed by atoms with Crippen molar-refractivity contribution < 1.29 is 4.79 Å². The quantitative estimate of drug-likeness (QED) is 0.625. The van der Waals surface area contributed by atoms with Crippen molar-refractivity contribution in [3.63, 3.8) is 0 Å². The normalized spacial score (nSPS) is 17.0. The molecule has 100 valence electrons. The van der Waals surface area contributed by atoms with Gasteiger partial charge in [0.2, 0.25) is 5.91 Å². The Kier molecular flexibility index (Phi) is 8.48. The molecule has 0 atom stereocenters. The van der Waals surface area contributed by atoms with Gasteiger partial charge in [-0.25, -0.2) is 0 Å². The van der Waals surface area contributed by atoms with Gasteiger partial charge >= 0.3 is 0 Å². The summed E-state index contributed by atoms with van der Waals surface area (Å²) in [6.07, 6.45) is 4.95. The van der Waals surface area contributed by atoms with Gasteiger partial charge < -0.3 is 10.6 Å². The minimum atomic E-state index is 0.209. The smallest absolute Gasteiger partial charge is 0.220 e. The second-order valence-corrected chi connectivity index (χ2v) is 5.38. The number of carbonyl (C=O) groups is 1. The number of unbranched alkanes of at least 4 members (excludes halogenated alkanes) is 1. The Bertz CT molecular complexity index is 208. The van der Waals surface area contributed by atoms with Crippen molar-refractivity contribution in [3.05, 3.63) is 0 Å². The second kappa shape index (κ2) is 9.74. The van der Waals surface area contributed by atoms with Crippen LogP contribution in [-0.4, -0.2) is 62.1 Å². The molecule has 0 aromatic heterocycles. The number of nitrogens with zero attached hydrogens (tertiary/aromatic N) is 1. The molecule has 1 aliphatic rings. The average molecular weight is 259 g/mol. The number of thioether (sulfide) groups is 1. The van der Waals surface area contributed by atoms with Crippen LogP contribution in [0.3, 0.4) is 0 Å². The Morgan fingerprint density at radius 1 is 1.35 bits per heavy atom. The first-order valence-electron chi connectivity index (χ1n) is 6.51. The van der Waals surface area contributed by atoms with Crippen molar-refractivity contribution in [3.8, 4) is 0 Å². The fourth-order valence-corrected chi connectivity index (χ4v) is 2.40. The molecule has 0 aromatic carbocycles. The zero-order valence-corrected chi connectivity index (χ0v) is 11.7. The molecule has 0 spiro atoms. The highest BCUT2D eigenvalue weighted by atomic mass is 32.2. The van der Waals surface area contributed by atoms with Crippen LogP contribution in [0.25, 0.3) is 0 Å². The molecule has 0 saturated carbocycles. The molecular weight excluding hydrogens is 234 g/mol. The lowest BCUT2D eigenvalue weighted by Gasteiger charge is -2.27. The van der Waals surface area contributed by atoms with Gasteiger partial charge in [-0.1, -0.05) is 0 Å². The van der Waals surface area contributed by atoms with E-state index >= 15 is 0 Å². The largest absolute Gasteiger partial charge is 0.355 e. The highest BCUT2D eigenvalue weighted by molar-refractivity contribution is 7.98. The van der Waals surface area contributed by atoms with Crippen molar-refractivity contribution in [2.75, 3.05) is 51.3 Å². The molecule has 1 aliphatic heterocycles. The Hall–Kier alpha value is -0.260. The van der Waals surface area contributed by atoms with Crippen LogP contribution in [0.5, 0.6) is 0 Å². The van der Waals surface area contributed by atoms with Gasteiger partial charge in [0.25, 0.3) is 0 Å². The molecular formula is C12H25N3OS. The van der Waals surface area contributed by atoms with Crippen LogP contribution in [0.1, 0.15) is 19.3 Å². The lowest BCUT2D eigenvalue weighted by molar-refractivity contribution is -0.121. The van der Waals surface area contributed by atoms with Crippen molar-refractivity contribution >= 4 is 17.7 Å². The maximum absolute atomic E-state index is 11.5. The van der Waals surface area contributed by atoms with E-state index in [0.29, 0.717) is 6.42 Å². The molecule has 1 amide bonds. The Morgan fingerprint density at radius 2 is 2.12 bits per heavy atom. The molecule has 1 saturated heterocycles. The first-order valence-corrected chi connectivity index (χ1v) is 7.91. The molecule has 1 fully saturated rings. The summed E-state index contributed by atoms with van der Waals surface area (Å²) in [6, 6.07) is 0. The van der Waals surface area contributed by atoms with Crippen LogP contribution in [0.2, 0.25) is 0 Å². The Morgan fingerprint density at radius 3 is 2.82 bits per heavy atom. The number of piperazine rings is 1. The molecule has 2 N–H and O–H groups in total. The summed E-state index contributed by atoms with van der Waals surface area (Å²) in [7, 11) is 0. The molecule has 17 heavy (non-hydrogen) atoms. The lowest BCUT2D eigenvalue weighted by Crippen LogP contribution is -2.46. The van der Waals surface area contributed by atoms with Gasteiger partial charge in [-0.2, -0.15) is 11.8 Å². The zero-order valence-electron chi connectivity index (χ0n) is 10.8. The number of carbonyl (C=O) groups excluding carboxylic acids is 1. The van der Waals surface area contributed by atoms with Crippen LogP contribution in [-0.2, 0) is 4.79 Å². The molecule has 0 bridgehead atoms. The Labute approximate surface area is 109 Å². The van der Waals surface area contributed by atoms with Crippen molar-refractivity contribution in [2.24, 2.45) is 0 Å². The fraction of sp³-hybridized carbons (Fsp3) is 0.917. The molecule has 1 rings (SSSR count). The van der Waals surface area contributed by atoms with Crippen molar-refractivity contribution in [2.45, 2.75) is 19.3 Å². The van der Waals surface area contributed by atoms with E-state index in [4.69, 9.17) is 0 Å². The number of hydrogen-bond acceptors (Lipinski definition) is 4. The van der Waals surface area contributed by atoms with Crippen LogP contribution < -0.4 is 10.6 Å². The summed E-state index contributed by atoms with van der Waals surface area (Å²) in [5.41, 5.74) is 0. The summed E-state index contributed by atoms with van der Waals surface area (Å²) in [5, 5.41) is 6.32. The zero-order chi connectivity index (χ0) is 12.3. The summed E-state index contributed by atoms with van der Waals surface area (Å²) in [4.78, 5) is 13.9. The van der Waals surface area contributed by atoms with Crippen LogP contribution in [0, 0.1) is 0 Å². The van der Waals surface area contributed by atoms with E-state index in [1.165, 1.54) is 0 Å². The molecule has 0 radical (unpaired) electrons. The van der Waals surface area contributed by atoms with Crippen molar-refractivity contribution in [1.29, 1.82) is 0 Å². The van der Waals surface area contributed by atoms with Gasteiger partial charge in [-0.15, -0.1) is 0 Å². The molecule has 0 aliphatic carbocycles. The highest BCUT2D eigenvalue weighted by Crippen LogP contribution is 2.01. The van der Waals surface area contributed by atoms with E-state index in [0.717, 1.165) is 57.9 Å². The number of hydrogen-bond donors (Lipinski definition) is 2. The van der Waals surface area contributed by atoms with Gasteiger partial charge in [-0.3, -0.25) is 9.69 Å². The molecule has 0 unspecified atom stereocenters. The van der Waals surface area contributed by atoms with E-state index in [9.17, 15) is 4.79 Å². The van der Waals surface area contributed by atoms with E-state index in [1.807, 2.05) is 11.8 Å². The van der Waals surface area contributed by atoms with Gasteiger partial charge in [0.05, 0.1) is 0 Å². The maximum Gasteiger partial charge on any atom is 0.220 e. The van der Waals surface area contributed by atoms with Gasteiger partial charge in [0.1, 0.15) is 0 Å². The number of nitrogens with one attached hydrogen (secondary N) is 2. The third-order valence-corrected chi connectivity index (χ3v) is 3.66. The van der Waals surface area contributed by atoms with Crippen LogP contribution >= 0.6 is 11.8 Å². The Balaban J connectivity index is 1.92. The van der Waals surface area contributed by atoms with Crippen LogP contribution in [0.15, 0.2) is 0 Å². The first kappa shape index (κ1) is 14.8. The van der Waals surface area contributed by atoms with Crippen molar-refractivity contribution in [1.82, 2.24) is 15.5 Å². The second-order valence-electron chi connectivity index (χ2n) is 4.39. The first-order chi connectivity index (χ1) is 8.33.